The number of sulfonamides is 1. The Balaban J connectivity index is 2.98. The molecule has 0 aliphatic heterocycles. The van der Waals surface area contributed by atoms with Gasteiger partial charge in [-0.05, 0) is 32.0 Å². The molecule has 116 valence electrons. The maximum atomic E-state index is 12.1. The van der Waals surface area contributed by atoms with E-state index in [0.717, 1.165) is 12.1 Å². The van der Waals surface area contributed by atoms with Crippen molar-refractivity contribution in [3.05, 3.63) is 23.8 Å². The van der Waals surface area contributed by atoms with Crippen LogP contribution in [0.2, 0.25) is 0 Å². The van der Waals surface area contributed by atoms with Gasteiger partial charge in [-0.3, -0.25) is 4.79 Å². The largest absolute Gasteiger partial charge is 0.478 e. The number of nitrogen functional groups attached to an aromatic ring is 1. The molecule has 5 N–H and O–H groups in total. The molecule has 9 heteroatoms. The third-order valence-corrected chi connectivity index (χ3v) is 3.86. The number of benzene rings is 1. The molecule has 8 nitrogen and oxygen atoms in total. The number of carbonyl (C=O) groups excluding carboxylic acids is 1. The fourth-order valence-electron chi connectivity index (χ4n) is 1.56. The lowest BCUT2D eigenvalue weighted by atomic mass is 10.2. The summed E-state index contributed by atoms with van der Waals surface area (Å²) in [6, 6.07) is 3.27. The summed E-state index contributed by atoms with van der Waals surface area (Å²) in [6.07, 6.45) is 0. The molecule has 0 bridgehead atoms. The van der Waals surface area contributed by atoms with Crippen molar-refractivity contribution in [1.29, 1.82) is 0 Å². The number of carboxylic acid groups (broad SMARTS) is 1. The van der Waals surface area contributed by atoms with Gasteiger partial charge in [-0.25, -0.2) is 17.9 Å². The number of carboxylic acids is 1. The van der Waals surface area contributed by atoms with Crippen LogP contribution in [0.4, 0.5) is 5.69 Å². The van der Waals surface area contributed by atoms with Crippen molar-refractivity contribution in [3.63, 3.8) is 0 Å². The molecule has 0 aliphatic rings. The molecule has 1 rings (SSSR count). The quantitative estimate of drug-likeness (QED) is 0.535. The molecule has 21 heavy (non-hydrogen) atoms. The monoisotopic (exact) mass is 315 g/mol. The van der Waals surface area contributed by atoms with Crippen LogP contribution in [0.3, 0.4) is 0 Å². The maximum Gasteiger partial charge on any atom is 0.337 e. The number of aromatic carboxylic acids is 1. The summed E-state index contributed by atoms with van der Waals surface area (Å²) in [7, 11) is -4.13. The summed E-state index contributed by atoms with van der Waals surface area (Å²) in [4.78, 5) is 22.1. The zero-order chi connectivity index (χ0) is 16.2. The lowest BCUT2D eigenvalue weighted by Gasteiger charge is -2.11. The third kappa shape index (κ3) is 4.72. The minimum absolute atomic E-state index is 0.129. The number of rotatable bonds is 6. The fourth-order valence-corrected chi connectivity index (χ4v) is 2.72. The van der Waals surface area contributed by atoms with Gasteiger partial charge in [0, 0.05) is 11.7 Å². The molecular weight excluding hydrogens is 298 g/mol. The van der Waals surface area contributed by atoms with Gasteiger partial charge in [-0.2, -0.15) is 0 Å². The SMILES string of the molecule is CC(C)NC(=O)CNS(=O)(=O)c1ccc(N)cc1C(=O)O. The molecule has 0 unspecified atom stereocenters. The van der Waals surface area contributed by atoms with Crippen LogP contribution in [0.25, 0.3) is 0 Å². The highest BCUT2D eigenvalue weighted by Gasteiger charge is 2.23. The van der Waals surface area contributed by atoms with Gasteiger partial charge in [-0.1, -0.05) is 0 Å². The van der Waals surface area contributed by atoms with E-state index in [1.807, 2.05) is 0 Å². The molecule has 0 aromatic heterocycles. The number of hydrogen-bond acceptors (Lipinski definition) is 5. The van der Waals surface area contributed by atoms with Crippen molar-refractivity contribution in [2.45, 2.75) is 24.8 Å². The first-order valence-electron chi connectivity index (χ1n) is 6.05. The molecule has 0 heterocycles. The fraction of sp³-hybridized carbons (Fsp3) is 0.333. The Hall–Kier alpha value is -2.13. The lowest BCUT2D eigenvalue weighted by molar-refractivity contribution is -0.120. The van der Waals surface area contributed by atoms with Gasteiger partial charge in [0.05, 0.1) is 17.0 Å². The van der Waals surface area contributed by atoms with E-state index in [0.29, 0.717) is 0 Å². The molecule has 1 amide bonds. The minimum atomic E-state index is -4.13. The number of hydrogen-bond donors (Lipinski definition) is 4. The van der Waals surface area contributed by atoms with E-state index in [2.05, 4.69) is 10.0 Å². The average molecular weight is 315 g/mol. The molecule has 0 radical (unpaired) electrons. The van der Waals surface area contributed by atoms with Crippen LogP contribution in [0, 0.1) is 0 Å². The molecule has 0 spiro atoms. The normalized spacial score (nSPS) is 11.4. The van der Waals surface area contributed by atoms with Crippen molar-refractivity contribution in [1.82, 2.24) is 10.0 Å². The molecule has 1 aromatic rings. The van der Waals surface area contributed by atoms with E-state index >= 15 is 0 Å². The second kappa shape index (κ2) is 6.55. The zero-order valence-electron chi connectivity index (χ0n) is 11.6. The summed E-state index contributed by atoms with van der Waals surface area (Å²) in [5.41, 5.74) is 5.12. The van der Waals surface area contributed by atoms with Crippen molar-refractivity contribution in [2.24, 2.45) is 0 Å². The van der Waals surface area contributed by atoms with E-state index in [-0.39, 0.29) is 11.7 Å². The Morgan fingerprint density at radius 1 is 1.33 bits per heavy atom. The van der Waals surface area contributed by atoms with Crippen LogP contribution in [0.1, 0.15) is 24.2 Å². The van der Waals surface area contributed by atoms with Gasteiger partial charge in [0.15, 0.2) is 0 Å². The van der Waals surface area contributed by atoms with Gasteiger partial charge >= 0.3 is 5.97 Å². The van der Waals surface area contributed by atoms with Crippen molar-refractivity contribution >= 4 is 27.6 Å². The lowest BCUT2D eigenvalue weighted by Crippen LogP contribution is -2.40. The number of nitrogens with two attached hydrogens (primary N) is 1. The predicted molar refractivity (Wildman–Crippen MR) is 76.3 cm³/mol. The highest BCUT2D eigenvalue weighted by Crippen LogP contribution is 2.18. The second-order valence-electron chi connectivity index (χ2n) is 4.61. The Morgan fingerprint density at radius 2 is 1.95 bits per heavy atom. The Kier molecular flexibility index (Phi) is 5.28. The minimum Gasteiger partial charge on any atom is -0.478 e. The van der Waals surface area contributed by atoms with Gasteiger partial charge in [0.1, 0.15) is 0 Å². The Morgan fingerprint density at radius 3 is 2.48 bits per heavy atom. The smallest absolute Gasteiger partial charge is 0.337 e. The van der Waals surface area contributed by atoms with Gasteiger partial charge in [0.25, 0.3) is 0 Å². The number of anilines is 1. The molecule has 0 saturated carbocycles. The number of nitrogens with one attached hydrogen (secondary N) is 2. The Labute approximate surface area is 122 Å². The van der Waals surface area contributed by atoms with Crippen LogP contribution in [0.5, 0.6) is 0 Å². The average Bonchev–Trinajstić information content (AvgIpc) is 2.35. The summed E-state index contributed by atoms with van der Waals surface area (Å²) >= 11 is 0. The van der Waals surface area contributed by atoms with Gasteiger partial charge < -0.3 is 16.2 Å². The van der Waals surface area contributed by atoms with Crippen LogP contribution >= 0.6 is 0 Å². The molecule has 0 aliphatic carbocycles. The van der Waals surface area contributed by atoms with E-state index in [9.17, 15) is 18.0 Å². The molecule has 0 saturated heterocycles. The zero-order valence-corrected chi connectivity index (χ0v) is 12.4. The summed E-state index contributed by atoms with van der Waals surface area (Å²) in [5, 5.41) is 11.5. The van der Waals surface area contributed by atoms with Gasteiger partial charge in [0.2, 0.25) is 15.9 Å². The predicted octanol–water partition coefficient (Wildman–Crippen LogP) is -0.230. The van der Waals surface area contributed by atoms with Crippen LogP contribution in [0.15, 0.2) is 23.1 Å². The molecule has 0 fully saturated rings. The first-order chi connectivity index (χ1) is 9.63. The highest BCUT2D eigenvalue weighted by atomic mass is 32.2. The van der Waals surface area contributed by atoms with Crippen LogP contribution in [-0.2, 0) is 14.8 Å². The van der Waals surface area contributed by atoms with E-state index < -0.39 is 38.9 Å². The first kappa shape index (κ1) is 16.9. The van der Waals surface area contributed by atoms with Crippen molar-refractivity contribution in [3.8, 4) is 0 Å². The molecular formula is C12H17N3O5S. The number of carbonyl (C=O) groups is 2. The standard InChI is InChI=1S/C12H17N3O5S/c1-7(2)15-11(16)6-14-21(19,20)10-4-3-8(13)5-9(10)12(17)18/h3-5,7,14H,6,13H2,1-2H3,(H,15,16)(H,17,18). The van der Waals surface area contributed by atoms with Crippen molar-refractivity contribution < 1.29 is 23.1 Å². The summed E-state index contributed by atoms with van der Waals surface area (Å²) < 4.78 is 26.2. The van der Waals surface area contributed by atoms with E-state index in [1.165, 1.54) is 6.07 Å². The number of amides is 1. The van der Waals surface area contributed by atoms with E-state index in [4.69, 9.17) is 10.8 Å². The Bertz CT molecular complexity index is 655. The van der Waals surface area contributed by atoms with Crippen LogP contribution in [-0.4, -0.2) is 38.0 Å². The maximum absolute atomic E-state index is 12.1. The topological polar surface area (TPSA) is 139 Å². The van der Waals surface area contributed by atoms with Crippen molar-refractivity contribution in [2.75, 3.05) is 12.3 Å². The summed E-state index contributed by atoms with van der Waals surface area (Å²) in [5.74, 6) is -1.93. The summed E-state index contributed by atoms with van der Waals surface area (Å²) in [6.45, 7) is 2.98. The first-order valence-corrected chi connectivity index (χ1v) is 7.53. The molecule has 0 atom stereocenters. The van der Waals surface area contributed by atoms with Gasteiger partial charge in [-0.15, -0.1) is 0 Å². The van der Waals surface area contributed by atoms with Crippen LogP contribution < -0.4 is 15.8 Å². The third-order valence-electron chi connectivity index (χ3n) is 2.40. The second-order valence-corrected chi connectivity index (χ2v) is 6.34. The van der Waals surface area contributed by atoms with E-state index in [1.54, 1.807) is 13.8 Å². The molecule has 1 aromatic carbocycles. The highest BCUT2D eigenvalue weighted by molar-refractivity contribution is 7.89.